The largest absolute Gasteiger partial charge is 0.497 e. The number of aromatic nitrogens is 2. The fourth-order valence-electron chi connectivity index (χ4n) is 2.19. The number of nitrogens with one attached hydrogen (secondary N) is 2. The van der Waals surface area contributed by atoms with Crippen LogP contribution < -0.4 is 15.4 Å². The van der Waals surface area contributed by atoms with Crippen LogP contribution in [-0.4, -0.2) is 23.6 Å². The van der Waals surface area contributed by atoms with Gasteiger partial charge in [0, 0.05) is 30.8 Å². The zero-order valence-corrected chi connectivity index (χ0v) is 10.8. The maximum absolute atomic E-state index is 5.15. The Morgan fingerprint density at radius 1 is 1.21 bits per heavy atom. The van der Waals surface area contributed by atoms with E-state index >= 15 is 0 Å². The summed E-state index contributed by atoms with van der Waals surface area (Å²) in [5.41, 5.74) is 3.28. The predicted molar refractivity (Wildman–Crippen MR) is 73.7 cm³/mol. The number of benzene rings is 1. The third kappa shape index (κ3) is 2.51. The van der Waals surface area contributed by atoms with Crippen molar-refractivity contribution in [2.75, 3.05) is 19.0 Å². The SMILES string of the molecule is COc1ccc(Nc2ncnc3c2CNCC3)cc1. The highest BCUT2D eigenvalue weighted by Gasteiger charge is 2.14. The van der Waals surface area contributed by atoms with Gasteiger partial charge in [0.05, 0.1) is 12.8 Å². The van der Waals surface area contributed by atoms with Crippen LogP contribution in [0.25, 0.3) is 0 Å². The molecular weight excluding hydrogens is 240 g/mol. The predicted octanol–water partition coefficient (Wildman–Crippen LogP) is 1.87. The first kappa shape index (κ1) is 11.9. The molecule has 98 valence electrons. The Morgan fingerprint density at radius 2 is 2.05 bits per heavy atom. The molecule has 0 radical (unpaired) electrons. The van der Waals surface area contributed by atoms with Gasteiger partial charge in [-0.25, -0.2) is 9.97 Å². The van der Waals surface area contributed by atoms with Gasteiger partial charge in [0.25, 0.3) is 0 Å². The second-order valence-electron chi connectivity index (χ2n) is 4.43. The van der Waals surface area contributed by atoms with Gasteiger partial charge in [-0.15, -0.1) is 0 Å². The average molecular weight is 256 g/mol. The van der Waals surface area contributed by atoms with E-state index in [1.54, 1.807) is 13.4 Å². The van der Waals surface area contributed by atoms with E-state index in [0.29, 0.717) is 0 Å². The Labute approximate surface area is 112 Å². The normalized spacial score (nSPS) is 13.7. The maximum Gasteiger partial charge on any atom is 0.138 e. The highest BCUT2D eigenvalue weighted by atomic mass is 16.5. The van der Waals surface area contributed by atoms with Gasteiger partial charge in [0.15, 0.2) is 0 Å². The first-order valence-corrected chi connectivity index (χ1v) is 6.31. The van der Waals surface area contributed by atoms with Crippen LogP contribution in [0.5, 0.6) is 5.75 Å². The molecule has 1 aliphatic rings. The third-order valence-corrected chi connectivity index (χ3v) is 3.23. The van der Waals surface area contributed by atoms with Gasteiger partial charge in [0.1, 0.15) is 17.9 Å². The molecule has 1 aliphatic heterocycles. The molecule has 0 amide bonds. The number of nitrogens with zero attached hydrogens (tertiary/aromatic N) is 2. The fourth-order valence-corrected chi connectivity index (χ4v) is 2.19. The van der Waals surface area contributed by atoms with Crippen LogP contribution in [0.4, 0.5) is 11.5 Å². The van der Waals surface area contributed by atoms with E-state index < -0.39 is 0 Å². The molecular formula is C14H16N4O. The molecule has 0 saturated heterocycles. The standard InChI is InChI=1S/C14H16N4O/c1-19-11-4-2-10(3-5-11)18-14-12-8-15-7-6-13(12)16-9-17-14/h2-5,9,15H,6-8H2,1H3,(H,16,17,18). The lowest BCUT2D eigenvalue weighted by Gasteiger charge is -2.19. The van der Waals surface area contributed by atoms with Crippen molar-refractivity contribution in [3.05, 3.63) is 41.9 Å². The molecule has 0 fully saturated rings. The Hall–Kier alpha value is -2.14. The molecule has 2 heterocycles. The zero-order chi connectivity index (χ0) is 13.1. The Morgan fingerprint density at radius 3 is 2.84 bits per heavy atom. The van der Waals surface area contributed by atoms with Crippen LogP contribution in [0.15, 0.2) is 30.6 Å². The molecule has 0 bridgehead atoms. The summed E-state index contributed by atoms with van der Waals surface area (Å²) in [6, 6.07) is 7.80. The average Bonchev–Trinajstić information content (AvgIpc) is 2.48. The molecule has 2 N–H and O–H groups in total. The molecule has 5 nitrogen and oxygen atoms in total. The van der Waals surface area contributed by atoms with Gasteiger partial charge in [-0.3, -0.25) is 0 Å². The van der Waals surface area contributed by atoms with Gasteiger partial charge < -0.3 is 15.4 Å². The molecule has 5 heteroatoms. The van der Waals surface area contributed by atoms with Crippen LogP contribution in [0.2, 0.25) is 0 Å². The van der Waals surface area contributed by atoms with Crippen molar-refractivity contribution in [2.24, 2.45) is 0 Å². The van der Waals surface area contributed by atoms with Gasteiger partial charge in [-0.1, -0.05) is 0 Å². The first-order valence-electron chi connectivity index (χ1n) is 6.31. The molecule has 3 rings (SSSR count). The minimum absolute atomic E-state index is 0.814. The number of ether oxygens (including phenoxy) is 1. The maximum atomic E-state index is 5.15. The quantitative estimate of drug-likeness (QED) is 0.878. The molecule has 0 aliphatic carbocycles. The van der Waals surface area contributed by atoms with E-state index in [1.807, 2.05) is 24.3 Å². The van der Waals surface area contributed by atoms with E-state index in [4.69, 9.17) is 4.74 Å². The van der Waals surface area contributed by atoms with Gasteiger partial charge in [-0.2, -0.15) is 0 Å². The van der Waals surface area contributed by atoms with Crippen molar-refractivity contribution in [2.45, 2.75) is 13.0 Å². The summed E-state index contributed by atoms with van der Waals surface area (Å²) >= 11 is 0. The Bertz CT molecular complexity index is 568. The molecule has 1 aromatic carbocycles. The molecule has 19 heavy (non-hydrogen) atoms. The minimum atomic E-state index is 0.814. The van der Waals surface area contributed by atoms with E-state index in [-0.39, 0.29) is 0 Å². The van der Waals surface area contributed by atoms with Gasteiger partial charge in [-0.05, 0) is 24.3 Å². The van der Waals surface area contributed by atoms with Crippen LogP contribution in [-0.2, 0) is 13.0 Å². The number of rotatable bonds is 3. The topological polar surface area (TPSA) is 59.1 Å². The van der Waals surface area contributed by atoms with Crippen molar-refractivity contribution in [3.8, 4) is 5.75 Å². The van der Waals surface area contributed by atoms with Crippen LogP contribution in [0, 0.1) is 0 Å². The van der Waals surface area contributed by atoms with Crippen molar-refractivity contribution in [1.82, 2.24) is 15.3 Å². The lowest BCUT2D eigenvalue weighted by molar-refractivity contribution is 0.415. The summed E-state index contributed by atoms with van der Waals surface area (Å²) in [5.74, 6) is 1.72. The molecule has 0 saturated carbocycles. The van der Waals surface area contributed by atoms with E-state index in [9.17, 15) is 0 Å². The monoisotopic (exact) mass is 256 g/mol. The van der Waals surface area contributed by atoms with Gasteiger partial charge >= 0.3 is 0 Å². The molecule has 0 atom stereocenters. The fraction of sp³-hybridized carbons (Fsp3) is 0.286. The number of hydrogen-bond acceptors (Lipinski definition) is 5. The van der Waals surface area contributed by atoms with Crippen molar-refractivity contribution in [1.29, 1.82) is 0 Å². The van der Waals surface area contributed by atoms with Crippen LogP contribution in [0.1, 0.15) is 11.3 Å². The third-order valence-electron chi connectivity index (χ3n) is 3.23. The van der Waals surface area contributed by atoms with E-state index in [2.05, 4.69) is 20.6 Å². The molecule has 2 aromatic rings. The lowest BCUT2D eigenvalue weighted by atomic mass is 10.1. The number of anilines is 2. The van der Waals surface area contributed by atoms with E-state index in [1.165, 1.54) is 0 Å². The number of methoxy groups -OCH3 is 1. The molecule has 0 unspecified atom stereocenters. The van der Waals surface area contributed by atoms with Crippen molar-refractivity contribution in [3.63, 3.8) is 0 Å². The van der Waals surface area contributed by atoms with Crippen molar-refractivity contribution >= 4 is 11.5 Å². The zero-order valence-electron chi connectivity index (χ0n) is 10.8. The van der Waals surface area contributed by atoms with E-state index in [0.717, 1.165) is 48.0 Å². The first-order chi connectivity index (χ1) is 9.36. The summed E-state index contributed by atoms with van der Waals surface area (Å²) in [6.45, 7) is 1.79. The summed E-state index contributed by atoms with van der Waals surface area (Å²) in [4.78, 5) is 8.67. The molecule has 1 aromatic heterocycles. The Kier molecular flexibility index (Phi) is 3.29. The smallest absolute Gasteiger partial charge is 0.138 e. The lowest BCUT2D eigenvalue weighted by Crippen LogP contribution is -2.25. The second kappa shape index (κ2) is 5.24. The second-order valence-corrected chi connectivity index (χ2v) is 4.43. The minimum Gasteiger partial charge on any atom is -0.497 e. The highest BCUT2D eigenvalue weighted by molar-refractivity contribution is 5.60. The highest BCUT2D eigenvalue weighted by Crippen LogP contribution is 2.23. The van der Waals surface area contributed by atoms with Gasteiger partial charge in [0.2, 0.25) is 0 Å². The Balaban J connectivity index is 1.86. The molecule has 0 spiro atoms. The number of fused-ring (bicyclic) bond motifs is 1. The number of hydrogen-bond donors (Lipinski definition) is 2. The summed E-state index contributed by atoms with van der Waals surface area (Å²) in [7, 11) is 1.66. The van der Waals surface area contributed by atoms with Crippen molar-refractivity contribution < 1.29 is 4.74 Å². The summed E-state index contributed by atoms with van der Waals surface area (Å²) in [6.07, 6.45) is 2.57. The van der Waals surface area contributed by atoms with Crippen LogP contribution in [0.3, 0.4) is 0 Å². The summed E-state index contributed by atoms with van der Waals surface area (Å²) < 4.78 is 5.15. The summed E-state index contributed by atoms with van der Waals surface area (Å²) in [5, 5.41) is 6.68. The van der Waals surface area contributed by atoms with Crippen LogP contribution >= 0.6 is 0 Å².